The molecule has 1 aromatic carbocycles. The zero-order valence-electron chi connectivity index (χ0n) is 11.2. The highest BCUT2D eigenvalue weighted by Gasteiger charge is 2.14. The largest absolute Gasteiger partial charge is 0.389 e. The number of benzene rings is 1. The molecular weight excluding hydrogens is 246 g/mol. The van der Waals surface area contributed by atoms with Crippen LogP contribution in [0.1, 0.15) is 18.1 Å². The van der Waals surface area contributed by atoms with Crippen molar-refractivity contribution in [3.05, 3.63) is 29.3 Å². The molecule has 0 heterocycles. The number of carbonyl (C=O) groups is 1. The first kappa shape index (κ1) is 14.4. The Labute approximate surface area is 113 Å². The molecule has 0 aromatic heterocycles. The Morgan fingerprint density at radius 1 is 1.44 bits per heavy atom. The van der Waals surface area contributed by atoms with Crippen LogP contribution in [0.4, 0.5) is 5.69 Å². The molecular formula is C13H19N3OS. The smallest absolute Gasteiger partial charge is 0.244 e. The number of nitrogens with one attached hydrogen (secondary N) is 1. The first-order valence-corrected chi connectivity index (χ1v) is 6.12. The van der Waals surface area contributed by atoms with Crippen molar-refractivity contribution >= 4 is 28.8 Å². The van der Waals surface area contributed by atoms with Gasteiger partial charge in [0.1, 0.15) is 11.0 Å². The average molecular weight is 265 g/mol. The van der Waals surface area contributed by atoms with E-state index in [4.69, 9.17) is 18.0 Å². The van der Waals surface area contributed by atoms with E-state index in [1.807, 2.05) is 32.0 Å². The third kappa shape index (κ3) is 3.43. The second-order valence-corrected chi connectivity index (χ2v) is 4.93. The zero-order chi connectivity index (χ0) is 13.9. The molecule has 98 valence electrons. The molecule has 0 aliphatic rings. The van der Waals surface area contributed by atoms with Crippen LogP contribution in [0.3, 0.4) is 0 Å². The van der Waals surface area contributed by atoms with E-state index in [0.29, 0.717) is 4.99 Å². The van der Waals surface area contributed by atoms with Crippen molar-refractivity contribution in [2.75, 3.05) is 19.4 Å². The molecule has 0 aliphatic carbocycles. The third-order valence-corrected chi connectivity index (χ3v) is 2.91. The number of hydrogen-bond acceptors (Lipinski definition) is 3. The number of nitrogens with zero attached hydrogens (tertiary/aromatic N) is 1. The maximum Gasteiger partial charge on any atom is 0.244 e. The van der Waals surface area contributed by atoms with Crippen LogP contribution in [0, 0.1) is 6.92 Å². The molecule has 0 fully saturated rings. The predicted molar refractivity (Wildman–Crippen MR) is 78.8 cm³/mol. The van der Waals surface area contributed by atoms with Crippen molar-refractivity contribution in [3.8, 4) is 0 Å². The molecule has 0 bridgehead atoms. The van der Waals surface area contributed by atoms with E-state index in [-0.39, 0.29) is 11.9 Å². The summed E-state index contributed by atoms with van der Waals surface area (Å²) in [5.41, 5.74) is 8.35. The van der Waals surface area contributed by atoms with Crippen LogP contribution in [-0.4, -0.2) is 35.9 Å². The number of aryl methyl sites for hydroxylation is 1. The Morgan fingerprint density at radius 3 is 2.50 bits per heavy atom. The quantitative estimate of drug-likeness (QED) is 0.810. The fourth-order valence-corrected chi connectivity index (χ4v) is 1.96. The van der Waals surface area contributed by atoms with Crippen molar-refractivity contribution in [1.82, 2.24) is 4.90 Å². The number of carbonyl (C=O) groups excluding carboxylic acids is 1. The molecule has 0 radical (unpaired) electrons. The summed E-state index contributed by atoms with van der Waals surface area (Å²) >= 11 is 4.95. The fourth-order valence-electron chi connectivity index (χ4n) is 1.73. The zero-order valence-corrected chi connectivity index (χ0v) is 12.0. The fraction of sp³-hybridized carbons (Fsp3) is 0.385. The minimum Gasteiger partial charge on any atom is -0.389 e. The Hall–Kier alpha value is -1.62. The lowest BCUT2D eigenvalue weighted by Crippen LogP contribution is -2.36. The van der Waals surface area contributed by atoms with Gasteiger partial charge in [-0.05, 0) is 37.6 Å². The summed E-state index contributed by atoms with van der Waals surface area (Å²) in [7, 11) is 3.48. The average Bonchev–Trinajstić information content (AvgIpc) is 2.27. The minimum atomic E-state index is -0.268. The summed E-state index contributed by atoms with van der Waals surface area (Å²) in [6, 6.07) is 5.41. The van der Waals surface area contributed by atoms with Gasteiger partial charge in [-0.1, -0.05) is 12.2 Å². The summed E-state index contributed by atoms with van der Waals surface area (Å²) in [4.78, 5) is 13.7. The third-order valence-electron chi connectivity index (χ3n) is 2.69. The number of likely N-dealkylation sites (N-methyl/N-ethyl adjacent to an activating group) is 1. The summed E-state index contributed by atoms with van der Waals surface area (Å²) in [5.74, 6) is 0.0334. The van der Waals surface area contributed by atoms with Gasteiger partial charge in [0, 0.05) is 25.3 Å². The maximum absolute atomic E-state index is 11.7. The lowest BCUT2D eigenvalue weighted by atomic mass is 10.1. The first-order chi connectivity index (χ1) is 8.32. The van der Waals surface area contributed by atoms with Gasteiger partial charge >= 0.3 is 0 Å². The molecule has 0 saturated carbocycles. The Kier molecular flexibility index (Phi) is 4.67. The molecule has 0 saturated heterocycles. The van der Waals surface area contributed by atoms with Crippen molar-refractivity contribution in [2.45, 2.75) is 19.9 Å². The summed E-state index contributed by atoms with van der Waals surface area (Å²) in [5, 5.41) is 3.15. The van der Waals surface area contributed by atoms with E-state index in [9.17, 15) is 4.79 Å². The SMILES string of the molecule is Cc1cc(NC(C)C(=O)N(C)C)ccc1C(N)=S. The summed E-state index contributed by atoms with van der Waals surface area (Å²) in [6.45, 7) is 3.78. The number of rotatable bonds is 4. The predicted octanol–water partition coefficient (Wildman–Crippen LogP) is 1.52. The lowest BCUT2D eigenvalue weighted by molar-refractivity contribution is -0.129. The molecule has 5 heteroatoms. The number of thiocarbonyl (C=S) groups is 1. The maximum atomic E-state index is 11.7. The van der Waals surface area contributed by atoms with Gasteiger partial charge in [0.05, 0.1) is 0 Å². The van der Waals surface area contributed by atoms with Crippen LogP contribution in [0.5, 0.6) is 0 Å². The highest BCUT2D eigenvalue weighted by atomic mass is 32.1. The number of hydrogen-bond donors (Lipinski definition) is 2. The summed E-state index contributed by atoms with van der Waals surface area (Å²) in [6.07, 6.45) is 0. The monoisotopic (exact) mass is 265 g/mol. The molecule has 1 atom stereocenters. The minimum absolute atomic E-state index is 0.0334. The normalized spacial score (nSPS) is 11.8. The van der Waals surface area contributed by atoms with Crippen LogP contribution < -0.4 is 11.1 Å². The van der Waals surface area contributed by atoms with Crippen molar-refractivity contribution in [2.24, 2.45) is 5.73 Å². The van der Waals surface area contributed by atoms with Gasteiger partial charge < -0.3 is 16.0 Å². The van der Waals surface area contributed by atoms with Gasteiger partial charge in [-0.25, -0.2) is 0 Å². The van der Waals surface area contributed by atoms with E-state index in [0.717, 1.165) is 16.8 Å². The van der Waals surface area contributed by atoms with Gasteiger partial charge in [0.2, 0.25) is 5.91 Å². The molecule has 0 aliphatic heterocycles. The Balaban J connectivity index is 2.84. The van der Waals surface area contributed by atoms with E-state index in [2.05, 4.69) is 5.32 Å². The van der Waals surface area contributed by atoms with Gasteiger partial charge in [0.25, 0.3) is 0 Å². The number of nitrogens with two attached hydrogens (primary N) is 1. The molecule has 1 unspecified atom stereocenters. The van der Waals surface area contributed by atoms with E-state index in [1.165, 1.54) is 0 Å². The molecule has 18 heavy (non-hydrogen) atoms. The van der Waals surface area contributed by atoms with Crippen LogP contribution >= 0.6 is 12.2 Å². The Morgan fingerprint density at radius 2 is 2.06 bits per heavy atom. The molecule has 1 rings (SSSR count). The number of anilines is 1. The van der Waals surface area contributed by atoms with Gasteiger partial charge in [-0.2, -0.15) is 0 Å². The van der Waals surface area contributed by atoms with Gasteiger partial charge in [0.15, 0.2) is 0 Å². The van der Waals surface area contributed by atoms with E-state index >= 15 is 0 Å². The molecule has 1 aromatic rings. The van der Waals surface area contributed by atoms with Crippen LogP contribution in [0.25, 0.3) is 0 Å². The number of amides is 1. The van der Waals surface area contributed by atoms with Crippen molar-refractivity contribution in [3.63, 3.8) is 0 Å². The molecule has 1 amide bonds. The Bertz CT molecular complexity index is 471. The van der Waals surface area contributed by atoms with E-state index in [1.54, 1.807) is 19.0 Å². The van der Waals surface area contributed by atoms with Crippen LogP contribution in [0.15, 0.2) is 18.2 Å². The molecule has 4 nitrogen and oxygen atoms in total. The highest BCUT2D eigenvalue weighted by Crippen LogP contribution is 2.16. The summed E-state index contributed by atoms with van der Waals surface area (Å²) < 4.78 is 0. The second kappa shape index (κ2) is 5.82. The van der Waals surface area contributed by atoms with Crippen LogP contribution in [-0.2, 0) is 4.79 Å². The molecule has 0 spiro atoms. The molecule has 3 N–H and O–H groups in total. The lowest BCUT2D eigenvalue weighted by Gasteiger charge is -2.19. The van der Waals surface area contributed by atoms with E-state index < -0.39 is 0 Å². The standard InChI is InChI=1S/C13H19N3OS/c1-8-7-10(5-6-11(8)12(14)18)15-9(2)13(17)16(3)4/h5-7,9,15H,1-4H3,(H2,14,18). The first-order valence-electron chi connectivity index (χ1n) is 5.71. The second-order valence-electron chi connectivity index (χ2n) is 4.49. The topological polar surface area (TPSA) is 58.4 Å². The van der Waals surface area contributed by atoms with Crippen molar-refractivity contribution < 1.29 is 4.79 Å². The van der Waals surface area contributed by atoms with Crippen LogP contribution in [0.2, 0.25) is 0 Å². The van der Waals surface area contributed by atoms with Gasteiger partial charge in [-0.15, -0.1) is 0 Å². The highest BCUT2D eigenvalue weighted by molar-refractivity contribution is 7.80. The van der Waals surface area contributed by atoms with Crippen molar-refractivity contribution in [1.29, 1.82) is 0 Å². The van der Waals surface area contributed by atoms with Gasteiger partial charge in [-0.3, -0.25) is 4.79 Å².